The smallest absolute Gasteiger partial charge is 0.0534 e. The quantitative estimate of drug-likeness (QED) is 0.865. The number of aryl methyl sites for hydroxylation is 2. The van der Waals surface area contributed by atoms with Gasteiger partial charge in [0, 0.05) is 17.3 Å². The molecule has 0 aromatic carbocycles. The van der Waals surface area contributed by atoms with Crippen molar-refractivity contribution < 1.29 is 0 Å². The molecule has 0 fully saturated rings. The highest BCUT2D eigenvalue weighted by Gasteiger charge is 2.20. The van der Waals surface area contributed by atoms with Crippen LogP contribution in [0.25, 0.3) is 0 Å². The molecule has 0 aliphatic heterocycles. The van der Waals surface area contributed by atoms with E-state index in [0.717, 1.165) is 5.69 Å². The molecule has 2 nitrogen and oxygen atoms in total. The number of hydrogen-bond acceptors (Lipinski definition) is 3. The fourth-order valence-corrected chi connectivity index (χ4v) is 3.46. The van der Waals surface area contributed by atoms with Gasteiger partial charge in [0.25, 0.3) is 0 Å². The Kier molecular flexibility index (Phi) is 2.85. The maximum Gasteiger partial charge on any atom is 0.0534 e. The van der Waals surface area contributed by atoms with Gasteiger partial charge in [-0.3, -0.25) is 4.98 Å². The van der Waals surface area contributed by atoms with E-state index in [-0.39, 0.29) is 0 Å². The van der Waals surface area contributed by atoms with Crippen molar-refractivity contribution in [1.82, 2.24) is 4.98 Å². The Morgan fingerprint density at radius 1 is 1.41 bits per heavy atom. The van der Waals surface area contributed by atoms with Crippen LogP contribution in [0.4, 0.5) is 5.69 Å². The van der Waals surface area contributed by atoms with Crippen molar-refractivity contribution in [2.75, 3.05) is 5.32 Å². The first-order chi connectivity index (χ1) is 8.33. The fraction of sp³-hybridized carbons (Fsp3) is 0.357. The molecule has 2 aromatic rings. The van der Waals surface area contributed by atoms with Gasteiger partial charge in [0.2, 0.25) is 0 Å². The fourth-order valence-electron chi connectivity index (χ4n) is 2.47. The van der Waals surface area contributed by atoms with Crippen molar-refractivity contribution in [3.63, 3.8) is 0 Å². The lowest BCUT2D eigenvalue weighted by Crippen LogP contribution is -2.15. The minimum atomic E-state index is 0.466. The van der Waals surface area contributed by atoms with Gasteiger partial charge < -0.3 is 5.32 Å². The van der Waals surface area contributed by atoms with Gasteiger partial charge in [-0.15, -0.1) is 11.3 Å². The summed E-state index contributed by atoms with van der Waals surface area (Å²) in [5.41, 5.74) is 3.83. The molecule has 0 radical (unpaired) electrons. The standard InChI is InChI=1S/C14H16N2S/c1-10-7-11(9-15-8-10)16-13-3-2-4-14-12(13)5-6-17-14/h5-9,13,16H,2-4H2,1H3. The molecule has 0 saturated carbocycles. The molecule has 1 atom stereocenters. The molecule has 0 spiro atoms. The molecule has 1 aliphatic carbocycles. The van der Waals surface area contributed by atoms with Crippen LogP contribution in [0.1, 0.15) is 34.9 Å². The average Bonchev–Trinajstić information content (AvgIpc) is 2.78. The van der Waals surface area contributed by atoms with Gasteiger partial charge in [-0.25, -0.2) is 0 Å². The third kappa shape index (κ3) is 2.20. The third-order valence-electron chi connectivity index (χ3n) is 3.27. The first kappa shape index (κ1) is 10.8. The molecule has 3 heteroatoms. The van der Waals surface area contributed by atoms with Crippen molar-refractivity contribution in [3.8, 4) is 0 Å². The topological polar surface area (TPSA) is 24.9 Å². The first-order valence-corrected chi connectivity index (χ1v) is 6.95. The highest BCUT2D eigenvalue weighted by molar-refractivity contribution is 7.10. The largest absolute Gasteiger partial charge is 0.377 e. The Hall–Kier alpha value is -1.35. The Morgan fingerprint density at radius 2 is 2.35 bits per heavy atom. The zero-order valence-corrected chi connectivity index (χ0v) is 10.8. The second-order valence-corrected chi connectivity index (χ2v) is 5.64. The number of fused-ring (bicyclic) bond motifs is 1. The van der Waals surface area contributed by atoms with E-state index in [4.69, 9.17) is 0 Å². The minimum absolute atomic E-state index is 0.466. The van der Waals surface area contributed by atoms with Crippen LogP contribution in [-0.2, 0) is 6.42 Å². The van der Waals surface area contributed by atoms with E-state index in [1.807, 2.05) is 23.7 Å². The SMILES string of the molecule is Cc1cncc(NC2CCCc3sccc32)c1. The first-order valence-electron chi connectivity index (χ1n) is 6.07. The maximum atomic E-state index is 4.23. The Bertz CT molecular complexity index is 518. The van der Waals surface area contributed by atoms with Crippen molar-refractivity contribution >= 4 is 17.0 Å². The predicted octanol–water partition coefficient (Wildman–Crippen LogP) is 3.94. The van der Waals surface area contributed by atoms with E-state index in [1.165, 1.54) is 30.4 Å². The van der Waals surface area contributed by atoms with Crippen molar-refractivity contribution in [2.45, 2.75) is 32.2 Å². The number of nitrogens with zero attached hydrogens (tertiary/aromatic N) is 1. The Balaban J connectivity index is 1.84. The number of nitrogens with one attached hydrogen (secondary N) is 1. The van der Waals surface area contributed by atoms with E-state index >= 15 is 0 Å². The van der Waals surface area contributed by atoms with Crippen molar-refractivity contribution in [1.29, 1.82) is 0 Å². The predicted molar refractivity (Wildman–Crippen MR) is 72.6 cm³/mol. The molecule has 0 bridgehead atoms. The summed E-state index contributed by atoms with van der Waals surface area (Å²) in [5.74, 6) is 0. The number of anilines is 1. The Morgan fingerprint density at radius 3 is 3.24 bits per heavy atom. The average molecular weight is 244 g/mol. The van der Waals surface area contributed by atoms with Gasteiger partial charge in [0.05, 0.1) is 11.7 Å². The number of rotatable bonds is 2. The highest BCUT2D eigenvalue weighted by atomic mass is 32.1. The van der Waals surface area contributed by atoms with Gasteiger partial charge in [0.15, 0.2) is 0 Å². The minimum Gasteiger partial charge on any atom is -0.377 e. The maximum absolute atomic E-state index is 4.23. The second kappa shape index (κ2) is 4.49. The lowest BCUT2D eigenvalue weighted by Gasteiger charge is -2.24. The second-order valence-electron chi connectivity index (χ2n) is 4.64. The van der Waals surface area contributed by atoms with Gasteiger partial charge in [-0.05, 0) is 54.8 Å². The normalized spacial score (nSPS) is 18.8. The summed E-state index contributed by atoms with van der Waals surface area (Å²) in [5, 5.41) is 5.82. The number of pyridine rings is 1. The van der Waals surface area contributed by atoms with Gasteiger partial charge >= 0.3 is 0 Å². The molecule has 1 aliphatic rings. The lowest BCUT2D eigenvalue weighted by atomic mass is 9.94. The monoisotopic (exact) mass is 244 g/mol. The number of aromatic nitrogens is 1. The van der Waals surface area contributed by atoms with Crippen LogP contribution in [-0.4, -0.2) is 4.98 Å². The van der Waals surface area contributed by atoms with E-state index < -0.39 is 0 Å². The summed E-state index contributed by atoms with van der Waals surface area (Å²) in [6, 6.07) is 4.89. The molecule has 0 amide bonds. The third-order valence-corrected chi connectivity index (χ3v) is 4.26. The molecule has 17 heavy (non-hydrogen) atoms. The summed E-state index contributed by atoms with van der Waals surface area (Å²) in [6.07, 6.45) is 7.55. The van der Waals surface area contributed by atoms with E-state index in [2.05, 4.69) is 34.7 Å². The molecular weight excluding hydrogens is 228 g/mol. The summed E-state index contributed by atoms with van der Waals surface area (Å²) in [7, 11) is 0. The molecule has 0 saturated heterocycles. The van der Waals surface area contributed by atoms with Crippen LogP contribution in [0.15, 0.2) is 29.9 Å². The molecular formula is C14H16N2S. The van der Waals surface area contributed by atoms with Gasteiger partial charge in [-0.1, -0.05) is 0 Å². The molecule has 1 N–H and O–H groups in total. The summed E-state index contributed by atoms with van der Waals surface area (Å²) >= 11 is 1.89. The van der Waals surface area contributed by atoms with Crippen LogP contribution >= 0.6 is 11.3 Å². The number of thiophene rings is 1. The van der Waals surface area contributed by atoms with Gasteiger partial charge in [-0.2, -0.15) is 0 Å². The van der Waals surface area contributed by atoms with Crippen LogP contribution in [0, 0.1) is 6.92 Å². The summed E-state index contributed by atoms with van der Waals surface area (Å²) in [4.78, 5) is 5.78. The van der Waals surface area contributed by atoms with Crippen molar-refractivity contribution in [3.05, 3.63) is 45.9 Å². The van der Waals surface area contributed by atoms with Crippen LogP contribution in [0.2, 0.25) is 0 Å². The van der Waals surface area contributed by atoms with Crippen molar-refractivity contribution in [2.24, 2.45) is 0 Å². The molecule has 2 heterocycles. The zero-order chi connectivity index (χ0) is 11.7. The summed E-state index contributed by atoms with van der Waals surface area (Å²) in [6.45, 7) is 2.08. The highest BCUT2D eigenvalue weighted by Crippen LogP contribution is 2.35. The van der Waals surface area contributed by atoms with Crippen LogP contribution in [0.3, 0.4) is 0 Å². The van der Waals surface area contributed by atoms with E-state index in [0.29, 0.717) is 6.04 Å². The van der Waals surface area contributed by atoms with Crippen LogP contribution < -0.4 is 5.32 Å². The van der Waals surface area contributed by atoms with E-state index in [9.17, 15) is 0 Å². The molecule has 1 unspecified atom stereocenters. The molecule has 88 valence electrons. The van der Waals surface area contributed by atoms with Crippen LogP contribution in [0.5, 0.6) is 0 Å². The molecule has 2 aromatic heterocycles. The Labute approximate surface area is 106 Å². The summed E-state index contributed by atoms with van der Waals surface area (Å²) < 4.78 is 0. The lowest BCUT2D eigenvalue weighted by molar-refractivity contribution is 0.608. The zero-order valence-electron chi connectivity index (χ0n) is 9.94. The molecule has 3 rings (SSSR count). The van der Waals surface area contributed by atoms with E-state index in [1.54, 1.807) is 4.88 Å². The number of hydrogen-bond donors (Lipinski definition) is 1. The van der Waals surface area contributed by atoms with Gasteiger partial charge in [0.1, 0.15) is 0 Å².